The van der Waals surface area contributed by atoms with Crippen molar-refractivity contribution in [2.24, 2.45) is 0 Å². The molecule has 16 heteroatoms. The summed E-state index contributed by atoms with van der Waals surface area (Å²) in [5, 5.41) is 0. The van der Waals surface area contributed by atoms with Crippen LogP contribution in [0.3, 0.4) is 0 Å². The van der Waals surface area contributed by atoms with E-state index in [1.807, 2.05) is 0 Å². The molecule has 8 atom stereocenters. The van der Waals surface area contributed by atoms with Crippen molar-refractivity contribution >= 4 is 55.9 Å². The molecule has 2 fully saturated rings. The van der Waals surface area contributed by atoms with Crippen LogP contribution in [0.4, 0.5) is 0 Å². The molecule has 10 nitrogen and oxygen atoms in total. The number of esters is 1. The lowest BCUT2D eigenvalue weighted by atomic mass is 9.99. The van der Waals surface area contributed by atoms with Gasteiger partial charge in [-0.2, -0.15) is 0 Å². The first kappa shape index (κ1) is 41.6. The maximum atomic E-state index is 13.1. The largest absolute Gasteiger partial charge is 0.455 e. The normalized spacial score (nSPS) is 30.9. The third-order valence-electron chi connectivity index (χ3n) is 6.30. The van der Waals surface area contributed by atoms with Crippen molar-refractivity contribution in [2.75, 3.05) is 13.2 Å². The van der Waals surface area contributed by atoms with Crippen LogP contribution in [0.15, 0.2) is 0 Å². The molecule has 0 aromatic heterocycles. The lowest BCUT2D eigenvalue weighted by molar-refractivity contribution is -0.295. The fourth-order valence-electron chi connectivity index (χ4n) is 5.08. The monoisotopic (exact) mass is 742 g/mol. The van der Waals surface area contributed by atoms with Crippen LogP contribution in [0.1, 0.15) is 0 Å². The summed E-state index contributed by atoms with van der Waals surface area (Å²) in [6, 6.07) is 0. The Labute approximate surface area is 280 Å². The summed E-state index contributed by atoms with van der Waals surface area (Å²) in [6.45, 7) is 38.9. The van der Waals surface area contributed by atoms with Crippen LogP contribution in [-0.4, -0.2) is 118 Å². The van der Waals surface area contributed by atoms with Gasteiger partial charge in [-0.15, -0.1) is 0 Å². The highest BCUT2D eigenvalue weighted by Crippen LogP contribution is 2.36. The van der Waals surface area contributed by atoms with Crippen molar-refractivity contribution in [3.8, 4) is 0 Å². The second-order valence-electron chi connectivity index (χ2n) is 18.2. The van der Waals surface area contributed by atoms with Crippen LogP contribution >= 0.6 is 0 Å². The van der Waals surface area contributed by atoms with Gasteiger partial charge in [0.1, 0.15) is 30.5 Å². The van der Waals surface area contributed by atoms with Crippen molar-refractivity contribution in [2.45, 2.75) is 167 Å². The van der Waals surface area contributed by atoms with Crippen LogP contribution in [0.2, 0.25) is 118 Å². The van der Waals surface area contributed by atoms with E-state index in [1.165, 1.54) is 0 Å². The Morgan fingerprint density at radius 1 is 0.489 bits per heavy atom. The molecule has 0 unspecified atom stereocenters. The molecule has 0 N–H and O–H groups in total. The topological polar surface area (TPSA) is 100 Å². The van der Waals surface area contributed by atoms with Crippen LogP contribution in [0, 0.1) is 0 Å². The van der Waals surface area contributed by atoms with Crippen LogP contribution in [-0.2, 0) is 45.6 Å². The highest BCUT2D eigenvalue weighted by molar-refractivity contribution is 6.71. The summed E-state index contributed by atoms with van der Waals surface area (Å²) in [5.41, 5.74) is 0. The molecule has 0 spiro atoms. The fourth-order valence-corrected chi connectivity index (χ4v) is 11.1. The molecular weight excluding hydrogens is 677 g/mol. The summed E-state index contributed by atoms with van der Waals surface area (Å²) < 4.78 is 59.2. The van der Waals surface area contributed by atoms with Gasteiger partial charge in [-0.1, -0.05) is 0 Å². The maximum Gasteiger partial charge on any atom is 0.337 e. The van der Waals surface area contributed by atoms with Crippen molar-refractivity contribution in [1.29, 1.82) is 0 Å². The zero-order chi connectivity index (χ0) is 35.0. The molecule has 2 heterocycles. The molecule has 45 heavy (non-hydrogen) atoms. The molecule has 0 bridgehead atoms. The zero-order valence-corrected chi connectivity index (χ0v) is 37.6. The first-order chi connectivity index (χ1) is 19.9. The van der Waals surface area contributed by atoms with E-state index in [9.17, 15) is 4.79 Å². The number of carbonyl (C=O) groups excluding carboxylic acids is 1. The Balaban J connectivity index is 2.52. The quantitative estimate of drug-likeness (QED) is 0.127. The predicted octanol–water partition coefficient (Wildman–Crippen LogP) is 6.61. The minimum atomic E-state index is -2.13. The zero-order valence-electron chi connectivity index (χ0n) is 31.6. The van der Waals surface area contributed by atoms with E-state index in [0.717, 1.165) is 0 Å². The molecule has 266 valence electrons. The average Bonchev–Trinajstić information content (AvgIpc) is 3.03. The van der Waals surface area contributed by atoms with E-state index in [1.54, 1.807) is 0 Å². The first-order valence-corrected chi connectivity index (χ1v) is 36.9. The highest BCUT2D eigenvalue weighted by Gasteiger charge is 2.54. The number of cyclic esters (lactones) is 1. The molecule has 0 aliphatic carbocycles. The molecule has 0 amide bonds. The van der Waals surface area contributed by atoms with Gasteiger partial charge in [0.15, 0.2) is 68.4 Å². The number of hydrogen-bond donors (Lipinski definition) is 0. The van der Waals surface area contributed by atoms with Crippen LogP contribution in [0.25, 0.3) is 0 Å². The molecular formula is C29H66O10Si6. The molecule has 0 aromatic rings. The van der Waals surface area contributed by atoms with E-state index in [4.69, 9.17) is 40.8 Å². The van der Waals surface area contributed by atoms with Crippen molar-refractivity contribution in [1.82, 2.24) is 0 Å². The Hall–Kier alpha value is 0.451. The summed E-state index contributed by atoms with van der Waals surface area (Å²) in [6.07, 6.45) is -4.58. The Morgan fingerprint density at radius 3 is 1.36 bits per heavy atom. The number of ether oxygens (including phenoxy) is 3. The van der Waals surface area contributed by atoms with Crippen molar-refractivity contribution < 1.29 is 45.6 Å². The summed E-state index contributed by atoms with van der Waals surface area (Å²) >= 11 is 0. The molecule has 2 saturated heterocycles. The van der Waals surface area contributed by atoms with Gasteiger partial charge < -0.3 is 40.8 Å². The summed E-state index contributed by atoms with van der Waals surface area (Å²) in [7, 11) is -12.3. The van der Waals surface area contributed by atoms with Crippen molar-refractivity contribution in [3.05, 3.63) is 0 Å². The Bertz CT molecular complexity index is 962. The van der Waals surface area contributed by atoms with E-state index in [2.05, 4.69) is 118 Å². The van der Waals surface area contributed by atoms with Gasteiger partial charge in [0.25, 0.3) is 0 Å². The van der Waals surface area contributed by atoms with Crippen molar-refractivity contribution in [3.63, 3.8) is 0 Å². The second kappa shape index (κ2) is 15.1. The third-order valence-corrected chi connectivity index (χ3v) is 12.2. The van der Waals surface area contributed by atoms with E-state index >= 15 is 0 Å². The molecule has 2 aliphatic heterocycles. The fraction of sp³-hybridized carbons (Fsp3) is 0.966. The van der Waals surface area contributed by atoms with Gasteiger partial charge in [-0.05, 0) is 118 Å². The number of hydrogen-bond acceptors (Lipinski definition) is 10. The van der Waals surface area contributed by atoms with E-state index in [-0.39, 0.29) is 12.7 Å². The second-order valence-corrected chi connectivity index (χ2v) is 45.0. The van der Waals surface area contributed by atoms with Crippen LogP contribution < -0.4 is 0 Å². The lowest BCUT2D eigenvalue weighted by Crippen LogP contribution is -2.66. The van der Waals surface area contributed by atoms with E-state index < -0.39 is 98.8 Å². The highest BCUT2D eigenvalue weighted by atomic mass is 28.4. The maximum absolute atomic E-state index is 13.1. The Kier molecular flexibility index (Phi) is 14.0. The SMILES string of the molecule is C[Si](C)(C)OC[C@H]1O[C@H](OC[C@H]2OC(=O)[C@@H](O[Si](C)(C)C)[C@@H]2O[Si](C)(C)C)[C@H](O[Si](C)(C)C)[C@@H](O[Si](C)(C)C)[C@@H]1O[Si](C)(C)C. The average molecular weight is 743 g/mol. The third kappa shape index (κ3) is 15.3. The van der Waals surface area contributed by atoms with Gasteiger partial charge >= 0.3 is 5.97 Å². The van der Waals surface area contributed by atoms with E-state index in [0.29, 0.717) is 6.61 Å². The van der Waals surface area contributed by atoms with Gasteiger partial charge in [0.2, 0.25) is 0 Å². The first-order valence-electron chi connectivity index (χ1n) is 16.4. The molecule has 0 radical (unpaired) electrons. The summed E-state index contributed by atoms with van der Waals surface area (Å²) in [4.78, 5) is 13.1. The molecule has 2 rings (SSSR count). The molecule has 2 aliphatic rings. The minimum absolute atomic E-state index is 0.0729. The molecule has 0 saturated carbocycles. The lowest BCUT2D eigenvalue weighted by Gasteiger charge is -2.51. The summed E-state index contributed by atoms with van der Waals surface area (Å²) in [5.74, 6) is -0.404. The predicted molar refractivity (Wildman–Crippen MR) is 195 cm³/mol. The van der Waals surface area contributed by atoms with Gasteiger partial charge in [-0.3, -0.25) is 0 Å². The smallest absolute Gasteiger partial charge is 0.337 e. The molecule has 0 aromatic carbocycles. The minimum Gasteiger partial charge on any atom is -0.455 e. The van der Waals surface area contributed by atoms with Crippen LogP contribution in [0.5, 0.6) is 0 Å². The Morgan fingerprint density at radius 2 is 0.911 bits per heavy atom. The standard InChI is InChI=1S/C29H66O10Si6/c1-40(2,3)32-20-22-23(35-41(4,5)6)25(37-43(10,11)12)27(39-45(16,17)18)29(34-22)31-19-21-24(36-42(7,8)9)26(28(30)33-21)38-44(13,14)15/h21-27,29H,19-20H2,1-18H3/t21-,22-,23-,24-,25+,26+,27-,29+/m1/s1. The van der Waals surface area contributed by atoms with Gasteiger partial charge in [-0.25, -0.2) is 4.79 Å². The number of rotatable bonds is 16. The number of carbonyl (C=O) groups is 1. The van der Waals surface area contributed by atoms with Gasteiger partial charge in [0.05, 0.1) is 13.2 Å². The van der Waals surface area contributed by atoms with Gasteiger partial charge in [0, 0.05) is 0 Å².